The minimum absolute atomic E-state index is 0.147. The number of piperidine rings is 1. The fourth-order valence-corrected chi connectivity index (χ4v) is 1.74. The predicted octanol–water partition coefficient (Wildman–Crippen LogP) is 0.320. The van der Waals surface area contributed by atoms with Gasteiger partial charge in [-0.15, -0.1) is 0 Å². The van der Waals surface area contributed by atoms with Crippen LogP contribution in [0, 0.1) is 0 Å². The van der Waals surface area contributed by atoms with Crippen LogP contribution in [0.4, 0.5) is 0 Å². The normalized spacial score (nSPS) is 21.5. The van der Waals surface area contributed by atoms with Crippen molar-refractivity contribution in [2.24, 2.45) is 5.73 Å². The molecule has 1 atom stereocenters. The second kappa shape index (κ2) is 5.14. The molecule has 1 aliphatic heterocycles. The molecule has 5 heteroatoms. The molecule has 1 unspecified atom stereocenters. The van der Waals surface area contributed by atoms with Crippen LogP contribution in [-0.2, 0) is 6.54 Å². The van der Waals surface area contributed by atoms with Crippen LogP contribution in [0.15, 0.2) is 12.4 Å². The maximum atomic E-state index is 5.75. The number of nitrogens with two attached hydrogens (primary N) is 1. The molecule has 1 aromatic rings. The summed E-state index contributed by atoms with van der Waals surface area (Å²) in [4.78, 5) is 0. The van der Waals surface area contributed by atoms with Gasteiger partial charge in [-0.25, -0.2) is 0 Å². The molecule has 1 aliphatic rings. The third-order valence-corrected chi connectivity index (χ3v) is 2.51. The lowest BCUT2D eigenvalue weighted by Gasteiger charge is -2.23. The van der Waals surface area contributed by atoms with Crippen LogP contribution in [0.1, 0.15) is 19.3 Å². The Hall–Kier alpha value is -1.07. The molecular formula is C10H18N4O. The molecule has 1 aromatic heterocycles. The minimum atomic E-state index is 0.147. The van der Waals surface area contributed by atoms with Crippen molar-refractivity contribution >= 4 is 0 Å². The van der Waals surface area contributed by atoms with Crippen LogP contribution < -0.4 is 15.8 Å². The van der Waals surface area contributed by atoms with Crippen LogP contribution >= 0.6 is 0 Å². The molecule has 15 heavy (non-hydrogen) atoms. The zero-order valence-electron chi connectivity index (χ0n) is 8.85. The molecule has 2 rings (SSSR count). The molecule has 5 nitrogen and oxygen atoms in total. The van der Waals surface area contributed by atoms with Crippen molar-refractivity contribution in [3.63, 3.8) is 0 Å². The lowest BCUT2D eigenvalue weighted by molar-refractivity contribution is 0.132. The van der Waals surface area contributed by atoms with E-state index in [0.717, 1.165) is 25.3 Å². The lowest BCUT2D eigenvalue weighted by atomic mass is 10.1. The van der Waals surface area contributed by atoms with Gasteiger partial charge in [0.15, 0.2) is 5.75 Å². The van der Waals surface area contributed by atoms with E-state index in [2.05, 4.69) is 10.4 Å². The Balaban J connectivity index is 1.86. The summed E-state index contributed by atoms with van der Waals surface area (Å²) in [6, 6.07) is 0. The summed E-state index contributed by atoms with van der Waals surface area (Å²) in [6.07, 6.45) is 7.33. The Morgan fingerprint density at radius 3 is 3.27 bits per heavy atom. The number of nitrogens with zero attached hydrogens (tertiary/aromatic N) is 2. The van der Waals surface area contributed by atoms with Crippen molar-refractivity contribution in [1.29, 1.82) is 0 Å². The van der Waals surface area contributed by atoms with Gasteiger partial charge >= 0.3 is 0 Å². The summed E-state index contributed by atoms with van der Waals surface area (Å²) < 4.78 is 7.55. The molecule has 0 spiro atoms. The van der Waals surface area contributed by atoms with Crippen molar-refractivity contribution in [2.45, 2.75) is 32.0 Å². The fourth-order valence-electron chi connectivity index (χ4n) is 1.74. The van der Waals surface area contributed by atoms with Crippen LogP contribution in [0.2, 0.25) is 0 Å². The van der Waals surface area contributed by atoms with Gasteiger partial charge in [-0.05, 0) is 25.8 Å². The Labute approximate surface area is 89.6 Å². The van der Waals surface area contributed by atoms with Gasteiger partial charge in [0.1, 0.15) is 6.23 Å². The third-order valence-electron chi connectivity index (χ3n) is 2.51. The minimum Gasteiger partial charge on any atom is -0.472 e. The zero-order chi connectivity index (χ0) is 10.5. The zero-order valence-corrected chi connectivity index (χ0v) is 8.85. The van der Waals surface area contributed by atoms with Gasteiger partial charge in [0.05, 0.1) is 18.9 Å². The standard InChI is InChI=1S/C10H18N4O/c11-4-6-14-8-9(7-13-14)15-10-3-1-2-5-12-10/h7-8,10,12H,1-6,11H2. The van der Waals surface area contributed by atoms with Gasteiger partial charge in [0.2, 0.25) is 0 Å². The van der Waals surface area contributed by atoms with E-state index in [1.807, 2.05) is 6.20 Å². The van der Waals surface area contributed by atoms with Crippen molar-refractivity contribution in [2.75, 3.05) is 13.1 Å². The van der Waals surface area contributed by atoms with E-state index >= 15 is 0 Å². The van der Waals surface area contributed by atoms with Crippen molar-refractivity contribution in [3.8, 4) is 5.75 Å². The second-order valence-electron chi connectivity index (χ2n) is 3.78. The van der Waals surface area contributed by atoms with E-state index in [1.54, 1.807) is 10.9 Å². The monoisotopic (exact) mass is 210 g/mol. The van der Waals surface area contributed by atoms with Gasteiger partial charge < -0.3 is 10.5 Å². The van der Waals surface area contributed by atoms with Crippen molar-refractivity contribution in [1.82, 2.24) is 15.1 Å². The second-order valence-corrected chi connectivity index (χ2v) is 3.78. The molecule has 1 fully saturated rings. The summed E-state index contributed by atoms with van der Waals surface area (Å²) >= 11 is 0. The molecule has 0 amide bonds. The van der Waals surface area contributed by atoms with Gasteiger partial charge in [-0.2, -0.15) is 5.10 Å². The number of ether oxygens (including phenoxy) is 1. The maximum absolute atomic E-state index is 5.75. The summed E-state index contributed by atoms with van der Waals surface area (Å²) in [5.41, 5.74) is 5.44. The molecule has 0 saturated carbocycles. The van der Waals surface area contributed by atoms with Crippen molar-refractivity contribution < 1.29 is 4.74 Å². The van der Waals surface area contributed by atoms with Crippen LogP contribution in [-0.4, -0.2) is 29.1 Å². The summed E-state index contributed by atoms with van der Waals surface area (Å²) in [5, 5.41) is 7.48. The molecule has 0 aliphatic carbocycles. The SMILES string of the molecule is NCCn1cc(OC2CCCCN2)cn1. The highest BCUT2D eigenvalue weighted by Crippen LogP contribution is 2.14. The first-order chi connectivity index (χ1) is 7.38. The molecule has 2 heterocycles. The number of hydrogen-bond acceptors (Lipinski definition) is 4. The Morgan fingerprint density at radius 1 is 1.60 bits per heavy atom. The van der Waals surface area contributed by atoms with Gasteiger partial charge in [0.25, 0.3) is 0 Å². The lowest BCUT2D eigenvalue weighted by Crippen LogP contribution is -2.38. The average molecular weight is 210 g/mol. The number of rotatable bonds is 4. The molecular weight excluding hydrogens is 192 g/mol. The molecule has 0 radical (unpaired) electrons. The highest BCUT2D eigenvalue weighted by molar-refractivity contribution is 5.12. The highest BCUT2D eigenvalue weighted by atomic mass is 16.5. The molecule has 0 aromatic carbocycles. The van der Waals surface area contributed by atoms with E-state index in [9.17, 15) is 0 Å². The molecule has 0 bridgehead atoms. The van der Waals surface area contributed by atoms with E-state index in [1.165, 1.54) is 12.8 Å². The predicted molar refractivity (Wildman–Crippen MR) is 57.6 cm³/mol. The van der Waals surface area contributed by atoms with Gasteiger partial charge in [-0.3, -0.25) is 10.00 Å². The summed E-state index contributed by atoms with van der Waals surface area (Å²) in [7, 11) is 0. The molecule has 1 saturated heterocycles. The quantitative estimate of drug-likeness (QED) is 0.751. The first kappa shape index (κ1) is 10.4. The highest BCUT2D eigenvalue weighted by Gasteiger charge is 2.14. The van der Waals surface area contributed by atoms with Gasteiger partial charge in [-0.1, -0.05) is 0 Å². The Morgan fingerprint density at radius 2 is 2.53 bits per heavy atom. The average Bonchev–Trinajstić information content (AvgIpc) is 2.68. The fraction of sp³-hybridized carbons (Fsp3) is 0.700. The summed E-state index contributed by atoms with van der Waals surface area (Å²) in [6.45, 7) is 2.38. The Bertz CT molecular complexity index is 293. The van der Waals surface area contributed by atoms with Crippen LogP contribution in [0.5, 0.6) is 5.75 Å². The van der Waals surface area contributed by atoms with E-state index in [-0.39, 0.29) is 6.23 Å². The molecule has 84 valence electrons. The number of nitrogens with one attached hydrogen (secondary N) is 1. The molecule has 3 N–H and O–H groups in total. The topological polar surface area (TPSA) is 65.1 Å². The van der Waals surface area contributed by atoms with Crippen LogP contribution in [0.3, 0.4) is 0 Å². The van der Waals surface area contributed by atoms with Crippen LogP contribution in [0.25, 0.3) is 0 Å². The number of hydrogen-bond donors (Lipinski definition) is 2. The smallest absolute Gasteiger partial charge is 0.159 e. The first-order valence-corrected chi connectivity index (χ1v) is 5.51. The number of aromatic nitrogens is 2. The third kappa shape index (κ3) is 2.94. The van der Waals surface area contributed by atoms with Gasteiger partial charge in [0, 0.05) is 6.54 Å². The largest absolute Gasteiger partial charge is 0.472 e. The summed E-state index contributed by atoms with van der Waals surface area (Å²) in [5.74, 6) is 0.822. The maximum Gasteiger partial charge on any atom is 0.159 e. The van der Waals surface area contributed by atoms with E-state index in [4.69, 9.17) is 10.5 Å². The Kier molecular flexibility index (Phi) is 3.58. The van der Waals surface area contributed by atoms with E-state index in [0.29, 0.717) is 6.54 Å². The van der Waals surface area contributed by atoms with Crippen molar-refractivity contribution in [3.05, 3.63) is 12.4 Å². The van der Waals surface area contributed by atoms with E-state index < -0.39 is 0 Å². The first-order valence-electron chi connectivity index (χ1n) is 5.51.